The average Bonchev–Trinajstić information content (AvgIpc) is 2.26. The third-order valence-corrected chi connectivity index (χ3v) is 3.92. The number of nitro groups is 1. The maximum Gasteiger partial charge on any atom is 0.289 e. The van der Waals surface area contributed by atoms with E-state index in [1.54, 1.807) is 0 Å². The van der Waals surface area contributed by atoms with Crippen LogP contribution < -0.4 is 4.72 Å². The number of nitrogens with zero attached hydrogens (tertiary/aromatic N) is 1. The molecule has 0 saturated carbocycles. The molecule has 0 heterocycles. The van der Waals surface area contributed by atoms with Gasteiger partial charge in [-0.3, -0.25) is 10.1 Å². The number of hydrogen-bond donors (Lipinski definition) is 2. The molecule has 9 heteroatoms. The number of halogens is 1. The van der Waals surface area contributed by atoms with E-state index in [1.807, 2.05) is 0 Å². The van der Waals surface area contributed by atoms with Crippen molar-refractivity contribution in [3.05, 3.63) is 32.8 Å². The third kappa shape index (κ3) is 3.73. The molecule has 0 spiro atoms. The maximum atomic E-state index is 11.9. The van der Waals surface area contributed by atoms with Gasteiger partial charge in [0.15, 0.2) is 4.90 Å². The summed E-state index contributed by atoms with van der Waals surface area (Å²) in [5, 5.41) is 19.8. The van der Waals surface area contributed by atoms with Crippen molar-refractivity contribution in [3.8, 4) is 0 Å². The highest BCUT2D eigenvalue weighted by Gasteiger charge is 2.25. The summed E-state index contributed by atoms with van der Waals surface area (Å²) in [4.78, 5) is 9.55. The highest BCUT2D eigenvalue weighted by atomic mass is 79.9. The molecule has 0 aliphatic carbocycles. The van der Waals surface area contributed by atoms with Gasteiger partial charge in [-0.15, -0.1) is 0 Å². The molecule has 0 unspecified atom stereocenters. The zero-order valence-corrected chi connectivity index (χ0v) is 11.7. The quantitative estimate of drug-likeness (QED) is 0.615. The summed E-state index contributed by atoms with van der Waals surface area (Å²) in [5.74, 6) is 0. The van der Waals surface area contributed by atoms with Crippen LogP contribution >= 0.6 is 15.9 Å². The average molecular weight is 339 g/mol. The number of aliphatic hydroxyl groups excluding tert-OH is 1. The molecule has 0 aliphatic heterocycles. The first kappa shape index (κ1) is 15.0. The number of hydrogen-bond acceptors (Lipinski definition) is 5. The predicted octanol–water partition coefficient (Wildman–Crippen LogP) is 1.02. The summed E-state index contributed by atoms with van der Waals surface area (Å²) in [6, 6.07) is 3.62. The van der Waals surface area contributed by atoms with E-state index in [4.69, 9.17) is 5.11 Å². The molecule has 100 valence electrons. The smallest absolute Gasteiger partial charge is 0.289 e. The van der Waals surface area contributed by atoms with Crippen LogP contribution in [0.5, 0.6) is 0 Å². The lowest BCUT2D eigenvalue weighted by molar-refractivity contribution is -0.387. The topological polar surface area (TPSA) is 110 Å². The summed E-state index contributed by atoms with van der Waals surface area (Å²) in [7, 11) is -4.04. The number of rotatable bonds is 5. The van der Waals surface area contributed by atoms with Crippen LogP contribution in [0.3, 0.4) is 0 Å². The summed E-state index contributed by atoms with van der Waals surface area (Å²) in [5.41, 5.74) is -0.517. The van der Waals surface area contributed by atoms with Gasteiger partial charge in [0.2, 0.25) is 10.0 Å². The summed E-state index contributed by atoms with van der Waals surface area (Å²) in [6.07, 6.45) is -0.883. The summed E-state index contributed by atoms with van der Waals surface area (Å²) in [6.45, 7) is 1.18. The van der Waals surface area contributed by atoms with Crippen molar-refractivity contribution in [1.82, 2.24) is 4.72 Å². The Kier molecular flexibility index (Phi) is 4.79. The number of benzene rings is 1. The minimum absolute atomic E-state index is 0.216. The Bertz CT molecular complexity index is 558. The Morgan fingerprint density at radius 2 is 2.17 bits per heavy atom. The Balaban J connectivity index is 3.22. The fraction of sp³-hybridized carbons (Fsp3) is 0.333. The van der Waals surface area contributed by atoms with Crippen LogP contribution in [0.2, 0.25) is 0 Å². The van der Waals surface area contributed by atoms with E-state index in [0.717, 1.165) is 12.1 Å². The van der Waals surface area contributed by atoms with Crippen LogP contribution in [-0.2, 0) is 10.0 Å². The zero-order valence-electron chi connectivity index (χ0n) is 9.33. The molecule has 0 fully saturated rings. The summed E-state index contributed by atoms with van der Waals surface area (Å²) >= 11 is 3.05. The van der Waals surface area contributed by atoms with Gasteiger partial charge in [0, 0.05) is 17.1 Å². The fourth-order valence-corrected chi connectivity index (χ4v) is 2.99. The molecule has 18 heavy (non-hydrogen) atoms. The number of sulfonamides is 1. The maximum absolute atomic E-state index is 11.9. The molecule has 0 aliphatic rings. The molecule has 1 atom stereocenters. The van der Waals surface area contributed by atoms with Crippen molar-refractivity contribution in [2.45, 2.75) is 17.9 Å². The minimum atomic E-state index is -4.04. The lowest BCUT2D eigenvalue weighted by Gasteiger charge is -2.09. The number of nitrogens with one attached hydrogen (secondary N) is 1. The second kappa shape index (κ2) is 5.74. The Labute approximate surface area is 112 Å². The van der Waals surface area contributed by atoms with E-state index in [2.05, 4.69) is 20.7 Å². The lowest BCUT2D eigenvalue weighted by atomic mass is 10.3. The van der Waals surface area contributed by atoms with Crippen molar-refractivity contribution in [2.24, 2.45) is 0 Å². The van der Waals surface area contributed by atoms with E-state index in [9.17, 15) is 18.5 Å². The van der Waals surface area contributed by atoms with Crippen LogP contribution in [-0.4, -0.2) is 31.1 Å². The van der Waals surface area contributed by atoms with Crippen LogP contribution in [0.15, 0.2) is 27.6 Å². The molecule has 0 bridgehead atoms. The van der Waals surface area contributed by atoms with Crippen molar-refractivity contribution in [3.63, 3.8) is 0 Å². The van der Waals surface area contributed by atoms with Crippen LogP contribution in [0.25, 0.3) is 0 Å². The highest BCUT2D eigenvalue weighted by Crippen LogP contribution is 2.26. The third-order valence-electron chi connectivity index (χ3n) is 1.98. The molecular formula is C9H11BrN2O5S. The molecule has 0 radical (unpaired) electrons. The van der Waals surface area contributed by atoms with Gasteiger partial charge < -0.3 is 5.11 Å². The van der Waals surface area contributed by atoms with E-state index in [1.165, 1.54) is 13.0 Å². The zero-order chi connectivity index (χ0) is 13.9. The van der Waals surface area contributed by atoms with Gasteiger partial charge in [-0.05, 0) is 19.1 Å². The standard InChI is InChI=1S/C9H11BrN2O5S/c1-6(13)5-11-18(16,17)9-4-7(10)2-3-8(9)12(14)15/h2-4,6,11,13H,5H2,1H3/t6-/m1/s1. The molecule has 2 N–H and O–H groups in total. The second-order valence-corrected chi connectivity index (χ2v) is 6.22. The second-order valence-electron chi connectivity index (χ2n) is 3.57. The molecule has 1 aromatic carbocycles. The monoisotopic (exact) mass is 338 g/mol. The van der Waals surface area contributed by atoms with Gasteiger partial charge in [-0.25, -0.2) is 13.1 Å². The molecule has 1 aromatic rings. The van der Waals surface area contributed by atoms with E-state index in [-0.39, 0.29) is 6.54 Å². The fourth-order valence-electron chi connectivity index (χ4n) is 1.16. The molecule has 0 saturated heterocycles. The Morgan fingerprint density at radius 3 is 2.67 bits per heavy atom. The van der Waals surface area contributed by atoms with E-state index in [0.29, 0.717) is 4.47 Å². The number of nitro benzene ring substituents is 1. The van der Waals surface area contributed by atoms with Gasteiger partial charge in [0.1, 0.15) is 0 Å². The van der Waals surface area contributed by atoms with Crippen molar-refractivity contribution < 1.29 is 18.4 Å². The lowest BCUT2D eigenvalue weighted by Crippen LogP contribution is -2.31. The van der Waals surface area contributed by atoms with Gasteiger partial charge in [0.05, 0.1) is 11.0 Å². The normalized spacial score (nSPS) is 13.3. The largest absolute Gasteiger partial charge is 0.392 e. The first-order valence-electron chi connectivity index (χ1n) is 4.85. The van der Waals surface area contributed by atoms with Crippen LogP contribution in [0, 0.1) is 10.1 Å². The molecule has 0 aromatic heterocycles. The predicted molar refractivity (Wildman–Crippen MR) is 67.7 cm³/mol. The Morgan fingerprint density at radius 1 is 1.56 bits per heavy atom. The van der Waals surface area contributed by atoms with Crippen molar-refractivity contribution in [2.75, 3.05) is 6.54 Å². The van der Waals surface area contributed by atoms with Crippen LogP contribution in [0.1, 0.15) is 6.92 Å². The van der Waals surface area contributed by atoms with Crippen LogP contribution in [0.4, 0.5) is 5.69 Å². The first-order chi connectivity index (χ1) is 8.24. The minimum Gasteiger partial charge on any atom is -0.392 e. The summed E-state index contributed by atoms with van der Waals surface area (Å²) < 4.78 is 26.2. The SMILES string of the molecule is C[C@@H](O)CNS(=O)(=O)c1cc(Br)ccc1[N+](=O)[O-]. The molecule has 7 nitrogen and oxygen atoms in total. The first-order valence-corrected chi connectivity index (χ1v) is 7.13. The van der Waals surface area contributed by atoms with Gasteiger partial charge in [-0.2, -0.15) is 0 Å². The highest BCUT2D eigenvalue weighted by molar-refractivity contribution is 9.10. The van der Waals surface area contributed by atoms with E-state index < -0.39 is 31.6 Å². The number of aliphatic hydroxyl groups is 1. The molecule has 0 amide bonds. The molecular weight excluding hydrogens is 328 g/mol. The van der Waals surface area contributed by atoms with Gasteiger partial charge in [-0.1, -0.05) is 15.9 Å². The van der Waals surface area contributed by atoms with Crippen molar-refractivity contribution >= 4 is 31.6 Å². The van der Waals surface area contributed by atoms with Gasteiger partial charge in [0.25, 0.3) is 5.69 Å². The van der Waals surface area contributed by atoms with Crippen molar-refractivity contribution in [1.29, 1.82) is 0 Å². The van der Waals surface area contributed by atoms with Gasteiger partial charge >= 0.3 is 0 Å². The molecule has 1 rings (SSSR count). The van der Waals surface area contributed by atoms with E-state index >= 15 is 0 Å². The Hall–Kier alpha value is -1.03.